The molecule has 1 N–H and O–H groups in total. The Labute approximate surface area is 174 Å². The summed E-state index contributed by atoms with van der Waals surface area (Å²) < 4.78 is 6.72. The zero-order chi connectivity index (χ0) is 21.1. The lowest BCUT2D eigenvalue weighted by molar-refractivity contribution is 0.0697. The molecule has 4 heterocycles. The number of hydrogen-bond acceptors (Lipinski definition) is 5. The smallest absolute Gasteiger partial charge is 0.257 e. The Balaban J connectivity index is 1.42. The molecular formula is C22H25N5O3. The van der Waals surface area contributed by atoms with Crippen LogP contribution in [-0.4, -0.2) is 50.6 Å². The molecule has 0 saturated carbocycles. The van der Waals surface area contributed by atoms with Crippen molar-refractivity contribution in [2.24, 2.45) is 0 Å². The minimum Gasteiger partial charge on any atom is -0.472 e. The number of furan rings is 1. The zero-order valence-electron chi connectivity index (χ0n) is 17.1. The number of aromatic nitrogens is 3. The third-order valence-corrected chi connectivity index (χ3v) is 5.35. The van der Waals surface area contributed by atoms with Gasteiger partial charge in [0, 0.05) is 25.3 Å². The van der Waals surface area contributed by atoms with Crippen molar-refractivity contribution >= 4 is 11.8 Å². The number of nitrogens with zero attached hydrogens (tertiary/aromatic N) is 4. The van der Waals surface area contributed by atoms with Crippen molar-refractivity contribution in [2.75, 3.05) is 13.1 Å². The highest BCUT2D eigenvalue weighted by Crippen LogP contribution is 2.23. The lowest BCUT2D eigenvalue weighted by atomic mass is 10.0. The van der Waals surface area contributed by atoms with E-state index in [-0.39, 0.29) is 23.8 Å². The molecule has 156 valence electrons. The van der Waals surface area contributed by atoms with Gasteiger partial charge in [0.1, 0.15) is 6.26 Å². The monoisotopic (exact) mass is 407 g/mol. The molecule has 3 aromatic rings. The van der Waals surface area contributed by atoms with Crippen LogP contribution in [0.2, 0.25) is 0 Å². The first-order chi connectivity index (χ1) is 14.5. The minimum absolute atomic E-state index is 0.0177. The van der Waals surface area contributed by atoms with E-state index < -0.39 is 0 Å². The number of carbonyl (C=O) groups excluding carboxylic acids is 2. The second-order valence-corrected chi connectivity index (χ2v) is 7.75. The first-order valence-electron chi connectivity index (χ1n) is 10.2. The quantitative estimate of drug-likeness (QED) is 0.702. The second-order valence-electron chi connectivity index (χ2n) is 7.75. The van der Waals surface area contributed by atoms with Crippen LogP contribution in [-0.2, 0) is 0 Å². The summed E-state index contributed by atoms with van der Waals surface area (Å²) in [6, 6.07) is 7.30. The molecule has 8 nitrogen and oxygen atoms in total. The van der Waals surface area contributed by atoms with Gasteiger partial charge >= 0.3 is 0 Å². The normalized spacial score (nSPS) is 14.8. The van der Waals surface area contributed by atoms with Crippen LogP contribution in [0.25, 0.3) is 5.82 Å². The first kappa shape index (κ1) is 19.9. The fourth-order valence-electron chi connectivity index (χ4n) is 3.81. The van der Waals surface area contributed by atoms with Gasteiger partial charge in [0.2, 0.25) is 0 Å². The molecule has 0 radical (unpaired) electrons. The predicted octanol–water partition coefficient (Wildman–Crippen LogP) is 3.02. The van der Waals surface area contributed by atoms with Crippen LogP contribution in [0.5, 0.6) is 0 Å². The van der Waals surface area contributed by atoms with Crippen molar-refractivity contribution in [3.63, 3.8) is 0 Å². The Kier molecular flexibility index (Phi) is 5.65. The molecule has 1 aliphatic rings. The summed E-state index contributed by atoms with van der Waals surface area (Å²) in [5.41, 5.74) is 1.95. The largest absolute Gasteiger partial charge is 0.472 e. The fourth-order valence-corrected chi connectivity index (χ4v) is 3.81. The topological polar surface area (TPSA) is 93.3 Å². The number of rotatable bonds is 5. The molecule has 3 aromatic heterocycles. The maximum atomic E-state index is 13.0. The van der Waals surface area contributed by atoms with Crippen LogP contribution in [0.1, 0.15) is 59.0 Å². The molecule has 2 amide bonds. The summed E-state index contributed by atoms with van der Waals surface area (Å²) in [5, 5.41) is 7.54. The van der Waals surface area contributed by atoms with Crippen LogP contribution in [0.3, 0.4) is 0 Å². The average Bonchev–Trinajstić information content (AvgIpc) is 3.45. The van der Waals surface area contributed by atoms with Gasteiger partial charge in [-0.1, -0.05) is 19.9 Å². The van der Waals surface area contributed by atoms with Gasteiger partial charge in [0.05, 0.1) is 29.3 Å². The molecule has 0 unspecified atom stereocenters. The van der Waals surface area contributed by atoms with E-state index in [9.17, 15) is 9.59 Å². The van der Waals surface area contributed by atoms with Crippen LogP contribution >= 0.6 is 0 Å². The first-order valence-corrected chi connectivity index (χ1v) is 10.2. The highest BCUT2D eigenvalue weighted by atomic mass is 16.3. The number of amides is 2. The highest BCUT2D eigenvalue weighted by Gasteiger charge is 2.27. The molecule has 0 atom stereocenters. The molecule has 8 heteroatoms. The Morgan fingerprint density at radius 1 is 1.20 bits per heavy atom. The van der Waals surface area contributed by atoms with E-state index >= 15 is 0 Å². The van der Waals surface area contributed by atoms with Crippen LogP contribution in [0.4, 0.5) is 0 Å². The zero-order valence-corrected chi connectivity index (χ0v) is 17.1. The van der Waals surface area contributed by atoms with Crippen molar-refractivity contribution in [3.8, 4) is 5.82 Å². The predicted molar refractivity (Wildman–Crippen MR) is 111 cm³/mol. The fraction of sp³-hybridized carbons (Fsp3) is 0.364. The van der Waals surface area contributed by atoms with Gasteiger partial charge in [-0.05, 0) is 37.0 Å². The van der Waals surface area contributed by atoms with Gasteiger partial charge in [-0.25, -0.2) is 9.67 Å². The summed E-state index contributed by atoms with van der Waals surface area (Å²) in [4.78, 5) is 31.6. The van der Waals surface area contributed by atoms with E-state index in [1.54, 1.807) is 28.0 Å². The second kappa shape index (κ2) is 8.52. The Morgan fingerprint density at radius 3 is 2.63 bits per heavy atom. The molecule has 0 bridgehead atoms. The standard InChI is InChI=1S/C22H25N5O3/c1-15(2)20-18(13-24-27(20)19-5-3-4-9-23-19)21(28)25-17-6-10-26(11-7-17)22(29)16-8-12-30-14-16/h3-5,8-9,12-15,17H,6-7,10-11H2,1-2H3,(H,25,28). The van der Waals surface area contributed by atoms with Gasteiger partial charge in [-0.15, -0.1) is 0 Å². The molecule has 0 aromatic carbocycles. The van der Waals surface area contributed by atoms with Crippen LogP contribution in [0.15, 0.2) is 53.6 Å². The lowest BCUT2D eigenvalue weighted by Gasteiger charge is -2.32. The molecule has 1 saturated heterocycles. The van der Waals surface area contributed by atoms with E-state index in [2.05, 4.69) is 15.4 Å². The number of hydrogen-bond donors (Lipinski definition) is 1. The van der Waals surface area contributed by atoms with Crippen molar-refractivity contribution in [1.29, 1.82) is 0 Å². The van der Waals surface area contributed by atoms with E-state index in [1.165, 1.54) is 12.5 Å². The van der Waals surface area contributed by atoms with Crippen molar-refractivity contribution < 1.29 is 14.0 Å². The summed E-state index contributed by atoms with van der Waals surface area (Å²) in [7, 11) is 0. The summed E-state index contributed by atoms with van der Waals surface area (Å²) in [6.07, 6.45) is 7.69. The van der Waals surface area contributed by atoms with E-state index in [4.69, 9.17) is 4.42 Å². The summed E-state index contributed by atoms with van der Waals surface area (Å²) in [6.45, 7) is 5.26. The third-order valence-electron chi connectivity index (χ3n) is 5.35. The SMILES string of the molecule is CC(C)c1c(C(=O)NC2CCN(C(=O)c3ccoc3)CC2)cnn1-c1ccccn1. The maximum absolute atomic E-state index is 13.0. The molecule has 0 aliphatic carbocycles. The third kappa shape index (κ3) is 3.98. The number of likely N-dealkylation sites (tertiary alicyclic amines) is 1. The Hall–Kier alpha value is -3.42. The summed E-state index contributed by atoms with van der Waals surface area (Å²) in [5.74, 6) is 0.615. The highest BCUT2D eigenvalue weighted by molar-refractivity contribution is 5.96. The maximum Gasteiger partial charge on any atom is 0.257 e. The molecular weight excluding hydrogens is 382 g/mol. The van der Waals surface area contributed by atoms with E-state index in [0.29, 0.717) is 42.9 Å². The number of pyridine rings is 1. The van der Waals surface area contributed by atoms with Crippen LogP contribution in [0, 0.1) is 0 Å². The summed E-state index contributed by atoms with van der Waals surface area (Å²) >= 11 is 0. The molecule has 30 heavy (non-hydrogen) atoms. The Bertz CT molecular complexity index is 1000. The average molecular weight is 407 g/mol. The van der Waals surface area contributed by atoms with Crippen molar-refractivity contribution in [1.82, 2.24) is 25.0 Å². The van der Waals surface area contributed by atoms with Gasteiger partial charge in [-0.2, -0.15) is 5.10 Å². The van der Waals surface area contributed by atoms with Gasteiger partial charge < -0.3 is 14.6 Å². The van der Waals surface area contributed by atoms with E-state index in [0.717, 1.165) is 5.69 Å². The molecule has 4 rings (SSSR count). The molecule has 0 spiro atoms. The van der Waals surface area contributed by atoms with Gasteiger partial charge in [0.15, 0.2) is 5.82 Å². The number of carbonyl (C=O) groups is 2. The molecule has 1 aliphatic heterocycles. The molecule has 1 fully saturated rings. The lowest BCUT2D eigenvalue weighted by Crippen LogP contribution is -2.46. The number of piperidine rings is 1. The Morgan fingerprint density at radius 2 is 2.00 bits per heavy atom. The number of nitrogens with one attached hydrogen (secondary N) is 1. The van der Waals surface area contributed by atoms with Crippen LogP contribution < -0.4 is 5.32 Å². The minimum atomic E-state index is -0.138. The van der Waals surface area contributed by atoms with E-state index in [1.807, 2.05) is 32.0 Å². The van der Waals surface area contributed by atoms with Gasteiger partial charge in [-0.3, -0.25) is 9.59 Å². The van der Waals surface area contributed by atoms with Crippen molar-refractivity contribution in [2.45, 2.75) is 38.6 Å². The van der Waals surface area contributed by atoms with Gasteiger partial charge in [0.25, 0.3) is 11.8 Å². The van der Waals surface area contributed by atoms with Crippen molar-refractivity contribution in [3.05, 3.63) is 66.0 Å².